The van der Waals surface area contributed by atoms with E-state index in [9.17, 15) is 17.2 Å². The summed E-state index contributed by atoms with van der Waals surface area (Å²) in [5, 5.41) is 8.57. The van der Waals surface area contributed by atoms with Crippen LogP contribution < -0.4 is 4.72 Å². The summed E-state index contributed by atoms with van der Waals surface area (Å²) in [6.07, 6.45) is 0.454. The van der Waals surface area contributed by atoms with E-state index in [1.807, 2.05) is 4.72 Å². The van der Waals surface area contributed by atoms with Gasteiger partial charge in [0.15, 0.2) is 0 Å². The largest absolute Gasteiger partial charge is 0.384 e. The fraction of sp³-hybridized carbons (Fsp3) is 0.333. The maximum absolute atomic E-state index is 12.3. The quantitative estimate of drug-likeness (QED) is 0.827. The van der Waals surface area contributed by atoms with Crippen molar-refractivity contribution in [2.24, 2.45) is 0 Å². The van der Waals surface area contributed by atoms with E-state index >= 15 is 0 Å². The molecular weight excluding hydrogens is 276 g/mol. The molecule has 0 aliphatic carbocycles. The molecule has 104 valence electrons. The molecule has 1 aromatic rings. The standard InChI is InChI=1S/C12H13F2NO3S/c1-2-10-8-9(4-3-7-16)5-6-11(10)15-19(17,18)12(13)14/h5-6,8,12,15-16H,2,7H2,1H3. The number of hydrogen-bond acceptors (Lipinski definition) is 3. The molecule has 0 bridgehead atoms. The van der Waals surface area contributed by atoms with Crippen LogP contribution in [-0.4, -0.2) is 25.9 Å². The highest BCUT2D eigenvalue weighted by molar-refractivity contribution is 7.93. The maximum atomic E-state index is 12.3. The summed E-state index contributed by atoms with van der Waals surface area (Å²) in [5.74, 6) is 1.62. The molecule has 0 radical (unpaired) electrons. The Morgan fingerprint density at radius 2 is 2.11 bits per heavy atom. The predicted molar refractivity (Wildman–Crippen MR) is 68.3 cm³/mol. The van der Waals surface area contributed by atoms with Crippen LogP contribution >= 0.6 is 0 Å². The smallest absolute Gasteiger partial charge is 0.355 e. The van der Waals surface area contributed by atoms with E-state index in [4.69, 9.17) is 5.11 Å². The maximum Gasteiger partial charge on any atom is 0.355 e. The van der Waals surface area contributed by atoms with E-state index in [2.05, 4.69) is 11.8 Å². The number of aliphatic hydroxyl groups is 1. The molecule has 0 saturated heterocycles. The minimum Gasteiger partial charge on any atom is -0.384 e. The van der Waals surface area contributed by atoms with Crippen LogP contribution in [0.15, 0.2) is 18.2 Å². The highest BCUT2D eigenvalue weighted by atomic mass is 32.2. The van der Waals surface area contributed by atoms with Crippen molar-refractivity contribution in [2.75, 3.05) is 11.3 Å². The third kappa shape index (κ3) is 4.19. The average molecular weight is 289 g/mol. The number of hydrogen-bond donors (Lipinski definition) is 2. The molecule has 0 spiro atoms. The molecule has 0 unspecified atom stereocenters. The number of aliphatic hydroxyl groups excluding tert-OH is 1. The summed E-state index contributed by atoms with van der Waals surface area (Å²) in [4.78, 5) is 0. The fourth-order valence-electron chi connectivity index (χ4n) is 1.40. The van der Waals surface area contributed by atoms with Crippen molar-refractivity contribution in [3.63, 3.8) is 0 Å². The molecule has 0 saturated carbocycles. The predicted octanol–water partition coefficient (Wildman–Crippen LogP) is 1.56. The van der Waals surface area contributed by atoms with E-state index < -0.39 is 15.8 Å². The molecule has 4 nitrogen and oxygen atoms in total. The van der Waals surface area contributed by atoms with Crippen molar-refractivity contribution < 1.29 is 22.3 Å². The Kier molecular flexibility index (Phi) is 5.27. The molecule has 0 aromatic heterocycles. The third-order valence-corrected chi connectivity index (χ3v) is 3.26. The number of benzene rings is 1. The molecular formula is C12H13F2NO3S. The lowest BCUT2D eigenvalue weighted by atomic mass is 10.1. The molecule has 0 aliphatic rings. The lowest BCUT2D eigenvalue weighted by Crippen LogP contribution is -2.21. The number of rotatable bonds is 4. The van der Waals surface area contributed by atoms with Crippen LogP contribution in [0.3, 0.4) is 0 Å². The van der Waals surface area contributed by atoms with E-state index in [1.54, 1.807) is 13.0 Å². The van der Waals surface area contributed by atoms with E-state index in [-0.39, 0.29) is 12.3 Å². The summed E-state index contributed by atoms with van der Waals surface area (Å²) in [6.45, 7) is 1.47. The van der Waals surface area contributed by atoms with E-state index in [1.165, 1.54) is 12.1 Å². The second-order valence-corrected chi connectivity index (χ2v) is 5.24. The topological polar surface area (TPSA) is 66.4 Å². The Morgan fingerprint density at radius 1 is 1.42 bits per heavy atom. The molecule has 0 aliphatic heterocycles. The summed E-state index contributed by atoms with van der Waals surface area (Å²) < 4.78 is 48.6. The average Bonchev–Trinajstić information content (AvgIpc) is 2.37. The van der Waals surface area contributed by atoms with Crippen LogP contribution in [0, 0.1) is 11.8 Å². The van der Waals surface area contributed by atoms with Crippen LogP contribution in [0.5, 0.6) is 0 Å². The summed E-state index contributed by atoms with van der Waals surface area (Å²) in [6, 6.07) is 4.46. The van der Waals surface area contributed by atoms with Crippen LogP contribution in [0.4, 0.5) is 14.5 Å². The van der Waals surface area contributed by atoms with Crippen LogP contribution in [-0.2, 0) is 16.4 Å². The Balaban J connectivity index is 3.10. The zero-order valence-electron chi connectivity index (χ0n) is 10.2. The number of halogens is 2. The highest BCUT2D eigenvalue weighted by Gasteiger charge is 2.24. The van der Waals surface area contributed by atoms with Crippen LogP contribution in [0.2, 0.25) is 0 Å². The van der Waals surface area contributed by atoms with Gasteiger partial charge in [0.25, 0.3) is 10.0 Å². The second kappa shape index (κ2) is 6.50. The van der Waals surface area contributed by atoms with Gasteiger partial charge >= 0.3 is 5.76 Å². The van der Waals surface area contributed by atoms with Crippen molar-refractivity contribution in [3.8, 4) is 11.8 Å². The number of alkyl halides is 2. The van der Waals surface area contributed by atoms with Gasteiger partial charge in [0, 0.05) is 5.56 Å². The third-order valence-electron chi connectivity index (χ3n) is 2.28. The van der Waals surface area contributed by atoms with Crippen molar-refractivity contribution >= 4 is 15.7 Å². The molecule has 0 amide bonds. The van der Waals surface area contributed by atoms with Gasteiger partial charge in [-0.2, -0.15) is 8.78 Å². The minimum absolute atomic E-state index is 0.109. The van der Waals surface area contributed by atoms with Gasteiger partial charge in [-0.25, -0.2) is 8.42 Å². The zero-order chi connectivity index (χ0) is 14.5. The van der Waals surface area contributed by atoms with Crippen molar-refractivity contribution in [3.05, 3.63) is 29.3 Å². The fourth-order valence-corrected chi connectivity index (χ4v) is 2.00. The first-order valence-corrected chi connectivity index (χ1v) is 6.97. The second-order valence-electron chi connectivity index (χ2n) is 3.59. The summed E-state index contributed by atoms with van der Waals surface area (Å²) in [5.41, 5.74) is 1.23. The van der Waals surface area contributed by atoms with Crippen molar-refractivity contribution in [1.82, 2.24) is 0 Å². The first-order chi connectivity index (χ1) is 8.90. The summed E-state index contributed by atoms with van der Waals surface area (Å²) >= 11 is 0. The number of nitrogens with one attached hydrogen (secondary N) is 1. The molecule has 7 heteroatoms. The van der Waals surface area contributed by atoms with Gasteiger partial charge in [-0.3, -0.25) is 4.72 Å². The van der Waals surface area contributed by atoms with E-state index in [0.29, 0.717) is 17.5 Å². The van der Waals surface area contributed by atoms with Gasteiger partial charge in [0.2, 0.25) is 0 Å². The SMILES string of the molecule is CCc1cc(C#CCO)ccc1NS(=O)(=O)C(F)F. The molecule has 0 heterocycles. The molecule has 0 atom stereocenters. The van der Waals surface area contributed by atoms with Crippen LogP contribution in [0.1, 0.15) is 18.1 Å². The monoisotopic (exact) mass is 289 g/mol. The number of aryl methyl sites for hydroxylation is 1. The Labute approximate surface area is 110 Å². The zero-order valence-corrected chi connectivity index (χ0v) is 11.0. The van der Waals surface area contributed by atoms with Gasteiger partial charge in [-0.1, -0.05) is 18.8 Å². The Morgan fingerprint density at radius 3 is 2.63 bits per heavy atom. The van der Waals surface area contributed by atoms with Gasteiger partial charge < -0.3 is 5.11 Å². The normalized spacial score (nSPS) is 11.0. The highest BCUT2D eigenvalue weighted by Crippen LogP contribution is 2.21. The van der Waals surface area contributed by atoms with Crippen LogP contribution in [0.25, 0.3) is 0 Å². The van der Waals surface area contributed by atoms with Gasteiger partial charge in [0.05, 0.1) is 5.69 Å². The first kappa shape index (κ1) is 15.4. The van der Waals surface area contributed by atoms with E-state index in [0.717, 1.165) is 0 Å². The Bertz CT molecular complexity index is 603. The lowest BCUT2D eigenvalue weighted by molar-refractivity contribution is 0.236. The lowest BCUT2D eigenvalue weighted by Gasteiger charge is -2.11. The Hall–Kier alpha value is -1.65. The molecule has 1 aromatic carbocycles. The molecule has 2 N–H and O–H groups in total. The minimum atomic E-state index is -4.67. The van der Waals surface area contributed by atoms with Crippen molar-refractivity contribution in [1.29, 1.82) is 0 Å². The first-order valence-electron chi connectivity index (χ1n) is 5.43. The molecule has 0 fully saturated rings. The number of sulfonamides is 1. The van der Waals surface area contributed by atoms with Gasteiger partial charge in [-0.15, -0.1) is 0 Å². The molecule has 1 rings (SSSR count). The molecule has 19 heavy (non-hydrogen) atoms. The summed E-state index contributed by atoms with van der Waals surface area (Å²) in [7, 11) is -4.67. The van der Waals surface area contributed by atoms with Gasteiger partial charge in [-0.05, 0) is 30.2 Å². The van der Waals surface area contributed by atoms with Gasteiger partial charge in [0.1, 0.15) is 6.61 Å². The van der Waals surface area contributed by atoms with Crippen molar-refractivity contribution in [2.45, 2.75) is 19.1 Å². The number of anilines is 1.